The van der Waals surface area contributed by atoms with Gasteiger partial charge in [-0.3, -0.25) is 0 Å². The predicted molar refractivity (Wildman–Crippen MR) is 53.3 cm³/mol. The molecule has 0 fully saturated rings. The number of rotatable bonds is 2. The lowest BCUT2D eigenvalue weighted by Crippen LogP contribution is -2.18. The summed E-state index contributed by atoms with van der Waals surface area (Å²) in [5.74, 6) is -0.378. The van der Waals surface area contributed by atoms with E-state index in [2.05, 4.69) is 0 Å². The fourth-order valence-electron chi connectivity index (χ4n) is 0.937. The second-order valence-corrected chi connectivity index (χ2v) is 2.95. The van der Waals surface area contributed by atoms with Crippen LogP contribution in [0.25, 0.3) is 0 Å². The molecule has 0 aliphatic heterocycles. The van der Waals surface area contributed by atoms with Gasteiger partial charge >= 0.3 is 0 Å². The van der Waals surface area contributed by atoms with Gasteiger partial charge in [0.1, 0.15) is 5.75 Å². The number of hydrogen-bond acceptors (Lipinski definition) is 2. The highest BCUT2D eigenvalue weighted by Crippen LogP contribution is 2.32. The third-order valence-corrected chi connectivity index (χ3v) is 1.95. The minimum Gasteiger partial charge on any atom is -0.506 e. The Morgan fingerprint density at radius 2 is 1.93 bits per heavy atom. The first-order valence-corrected chi connectivity index (χ1v) is 3.93. The van der Waals surface area contributed by atoms with Crippen molar-refractivity contribution in [1.29, 1.82) is 0 Å². The summed E-state index contributed by atoms with van der Waals surface area (Å²) in [7, 11) is 0. The van der Waals surface area contributed by atoms with Crippen LogP contribution in [0.3, 0.4) is 0 Å². The summed E-state index contributed by atoms with van der Waals surface area (Å²) in [5.41, 5.74) is 5.10. The molecule has 1 atom stereocenters. The molecule has 14 heavy (non-hydrogen) atoms. The van der Waals surface area contributed by atoms with Crippen LogP contribution in [-0.4, -0.2) is 11.5 Å². The molecule has 0 amide bonds. The molecule has 0 spiro atoms. The van der Waals surface area contributed by atoms with Crippen LogP contribution in [0, 0.1) is 0 Å². The van der Waals surface area contributed by atoms with Crippen molar-refractivity contribution >= 4 is 24.0 Å². The number of nitrogens with two attached hydrogens (primary N) is 1. The summed E-state index contributed by atoms with van der Waals surface area (Å²) in [6.07, 6.45) is -2.72. The van der Waals surface area contributed by atoms with Crippen molar-refractivity contribution in [3.05, 3.63) is 28.8 Å². The van der Waals surface area contributed by atoms with E-state index in [4.69, 9.17) is 17.3 Å². The maximum atomic E-state index is 12.1. The Hall–Kier alpha value is -0.580. The monoisotopic (exact) mass is 243 g/mol. The molecular weight excluding hydrogens is 235 g/mol. The third-order valence-electron chi connectivity index (χ3n) is 1.65. The minimum absolute atomic E-state index is 0. The molecule has 0 aliphatic carbocycles. The Labute approximate surface area is 91.1 Å². The SMILES string of the molecule is Cl.N[C@@H](c1cccc(Cl)c1O)C(F)F. The molecular formula is C8H9Cl2F2NO. The van der Waals surface area contributed by atoms with E-state index >= 15 is 0 Å². The largest absolute Gasteiger partial charge is 0.506 e. The van der Waals surface area contributed by atoms with Gasteiger partial charge in [0.15, 0.2) is 0 Å². The van der Waals surface area contributed by atoms with E-state index in [0.29, 0.717) is 0 Å². The van der Waals surface area contributed by atoms with E-state index in [1.54, 1.807) is 0 Å². The number of halogens is 4. The van der Waals surface area contributed by atoms with Gasteiger partial charge in [-0.2, -0.15) is 0 Å². The summed E-state index contributed by atoms with van der Waals surface area (Å²) in [6, 6.07) is 2.68. The van der Waals surface area contributed by atoms with Crippen molar-refractivity contribution in [2.75, 3.05) is 0 Å². The zero-order chi connectivity index (χ0) is 10.0. The average Bonchev–Trinajstić information content (AvgIpc) is 2.08. The van der Waals surface area contributed by atoms with E-state index in [1.165, 1.54) is 18.2 Å². The Kier molecular flexibility index (Phi) is 5.12. The molecule has 0 saturated heterocycles. The zero-order valence-corrected chi connectivity index (χ0v) is 8.53. The van der Waals surface area contributed by atoms with Gasteiger partial charge in [0.25, 0.3) is 6.43 Å². The van der Waals surface area contributed by atoms with Crippen LogP contribution >= 0.6 is 24.0 Å². The van der Waals surface area contributed by atoms with Crippen molar-refractivity contribution in [2.24, 2.45) is 5.73 Å². The molecule has 1 aromatic rings. The molecule has 1 rings (SSSR count). The minimum atomic E-state index is -2.72. The lowest BCUT2D eigenvalue weighted by atomic mass is 10.1. The number of hydrogen-bond donors (Lipinski definition) is 2. The van der Waals surface area contributed by atoms with Crippen molar-refractivity contribution in [3.63, 3.8) is 0 Å². The fraction of sp³-hybridized carbons (Fsp3) is 0.250. The van der Waals surface area contributed by atoms with E-state index in [0.717, 1.165) is 0 Å². The molecule has 0 radical (unpaired) electrons. The number of para-hydroxylation sites is 1. The van der Waals surface area contributed by atoms with Crippen molar-refractivity contribution in [1.82, 2.24) is 0 Å². The fourth-order valence-corrected chi connectivity index (χ4v) is 1.12. The third kappa shape index (κ3) is 2.70. The molecule has 0 aromatic heterocycles. The molecule has 0 bridgehead atoms. The van der Waals surface area contributed by atoms with E-state index in [-0.39, 0.29) is 28.7 Å². The van der Waals surface area contributed by atoms with Crippen LogP contribution in [0.1, 0.15) is 11.6 Å². The van der Waals surface area contributed by atoms with Gasteiger partial charge in [0.05, 0.1) is 11.1 Å². The van der Waals surface area contributed by atoms with Gasteiger partial charge < -0.3 is 10.8 Å². The number of aromatic hydroxyl groups is 1. The van der Waals surface area contributed by atoms with Gasteiger partial charge in [-0.15, -0.1) is 12.4 Å². The second-order valence-electron chi connectivity index (χ2n) is 2.54. The van der Waals surface area contributed by atoms with Gasteiger partial charge in [0, 0.05) is 5.56 Å². The highest BCUT2D eigenvalue weighted by molar-refractivity contribution is 6.32. The normalized spacial score (nSPS) is 12.4. The van der Waals surface area contributed by atoms with Crippen molar-refractivity contribution < 1.29 is 13.9 Å². The number of phenolic OH excluding ortho intramolecular Hbond substituents is 1. The highest BCUT2D eigenvalue weighted by Gasteiger charge is 2.21. The van der Waals surface area contributed by atoms with E-state index in [1.807, 2.05) is 0 Å². The zero-order valence-electron chi connectivity index (χ0n) is 6.95. The number of benzene rings is 1. The van der Waals surface area contributed by atoms with Gasteiger partial charge in [-0.25, -0.2) is 8.78 Å². The lowest BCUT2D eigenvalue weighted by molar-refractivity contribution is 0.115. The van der Waals surface area contributed by atoms with Gasteiger partial charge in [-0.1, -0.05) is 23.7 Å². The summed E-state index contributed by atoms with van der Waals surface area (Å²) < 4.78 is 24.3. The molecule has 0 saturated carbocycles. The summed E-state index contributed by atoms with van der Waals surface area (Å²) in [5, 5.41) is 9.29. The summed E-state index contributed by atoms with van der Waals surface area (Å²) >= 11 is 5.51. The molecule has 0 heterocycles. The van der Waals surface area contributed by atoms with Crippen LogP contribution in [0.2, 0.25) is 5.02 Å². The topological polar surface area (TPSA) is 46.2 Å². The molecule has 2 nitrogen and oxygen atoms in total. The first kappa shape index (κ1) is 13.4. The molecule has 80 valence electrons. The maximum Gasteiger partial charge on any atom is 0.257 e. The number of phenols is 1. The first-order chi connectivity index (χ1) is 6.04. The summed E-state index contributed by atoms with van der Waals surface area (Å²) in [6.45, 7) is 0. The van der Waals surface area contributed by atoms with Gasteiger partial charge in [-0.05, 0) is 6.07 Å². The quantitative estimate of drug-likeness (QED) is 0.840. The molecule has 3 N–H and O–H groups in total. The Balaban J connectivity index is 0.00000169. The Bertz CT molecular complexity index is 309. The predicted octanol–water partition coefficient (Wildman–Crippen LogP) is 2.73. The van der Waals surface area contributed by atoms with E-state index < -0.39 is 12.5 Å². The smallest absolute Gasteiger partial charge is 0.257 e. The van der Waals surface area contributed by atoms with Crippen molar-refractivity contribution in [2.45, 2.75) is 12.5 Å². The number of alkyl halides is 2. The molecule has 6 heteroatoms. The first-order valence-electron chi connectivity index (χ1n) is 3.55. The lowest BCUT2D eigenvalue weighted by Gasteiger charge is -2.12. The van der Waals surface area contributed by atoms with Crippen LogP contribution < -0.4 is 5.73 Å². The molecule has 1 aromatic carbocycles. The Morgan fingerprint density at radius 3 is 2.43 bits per heavy atom. The molecule has 0 aliphatic rings. The summed E-state index contributed by atoms with van der Waals surface area (Å²) in [4.78, 5) is 0. The van der Waals surface area contributed by atoms with Crippen LogP contribution in [-0.2, 0) is 0 Å². The van der Waals surface area contributed by atoms with Crippen LogP contribution in [0.5, 0.6) is 5.75 Å². The Morgan fingerprint density at radius 1 is 1.36 bits per heavy atom. The van der Waals surface area contributed by atoms with Crippen LogP contribution in [0.4, 0.5) is 8.78 Å². The van der Waals surface area contributed by atoms with Crippen molar-refractivity contribution in [3.8, 4) is 5.75 Å². The molecule has 0 unspecified atom stereocenters. The maximum absolute atomic E-state index is 12.1. The second kappa shape index (κ2) is 5.34. The van der Waals surface area contributed by atoms with E-state index in [9.17, 15) is 13.9 Å². The standard InChI is InChI=1S/C8H8ClF2NO.ClH/c9-5-3-1-2-4(7(5)13)6(12)8(10)11;/h1-3,6,8,13H,12H2;1H/t6-;/m0./s1. The van der Waals surface area contributed by atoms with Gasteiger partial charge in [0.2, 0.25) is 0 Å². The van der Waals surface area contributed by atoms with Crippen LogP contribution in [0.15, 0.2) is 18.2 Å². The highest BCUT2D eigenvalue weighted by atomic mass is 35.5. The average molecular weight is 244 g/mol.